The molecule has 0 aliphatic carbocycles. The Balaban J connectivity index is 1.81. The van der Waals surface area contributed by atoms with E-state index in [0.717, 1.165) is 18.7 Å². The minimum absolute atomic E-state index is 0.633. The second kappa shape index (κ2) is 4.38. The van der Waals surface area contributed by atoms with Crippen LogP contribution in [-0.4, -0.2) is 25.2 Å². The molecule has 3 heteroatoms. The lowest BCUT2D eigenvalue weighted by atomic mass is 10.1. The third-order valence-corrected chi connectivity index (χ3v) is 3.86. The van der Waals surface area contributed by atoms with Gasteiger partial charge in [-0.1, -0.05) is 6.07 Å². The van der Waals surface area contributed by atoms with Gasteiger partial charge in [0.25, 0.3) is 0 Å². The number of hydrogen-bond donors (Lipinski definition) is 1. The van der Waals surface area contributed by atoms with Crippen LogP contribution in [0.3, 0.4) is 0 Å². The molecule has 2 aliphatic heterocycles. The number of nitriles is 1. The van der Waals surface area contributed by atoms with E-state index in [4.69, 9.17) is 5.26 Å². The van der Waals surface area contributed by atoms with Crippen LogP contribution >= 0.6 is 0 Å². The lowest BCUT2D eigenvalue weighted by Crippen LogP contribution is -2.35. The molecule has 2 atom stereocenters. The van der Waals surface area contributed by atoms with Gasteiger partial charge in [0.15, 0.2) is 0 Å². The quantitative estimate of drug-likeness (QED) is 0.796. The molecule has 1 aromatic carbocycles. The maximum Gasteiger partial charge on any atom is 0.0992 e. The number of benzene rings is 1. The average molecular weight is 227 g/mol. The van der Waals surface area contributed by atoms with Crippen molar-refractivity contribution in [3.63, 3.8) is 0 Å². The van der Waals surface area contributed by atoms with E-state index in [-0.39, 0.29) is 0 Å². The molecule has 2 fully saturated rings. The van der Waals surface area contributed by atoms with Gasteiger partial charge in [0.1, 0.15) is 0 Å². The summed E-state index contributed by atoms with van der Waals surface area (Å²) in [6, 6.07) is 11.5. The predicted octanol–water partition coefficient (Wildman–Crippen LogP) is 1.89. The molecule has 3 nitrogen and oxygen atoms in total. The lowest BCUT2D eigenvalue weighted by molar-refractivity contribution is 0.563. The molecule has 17 heavy (non-hydrogen) atoms. The Morgan fingerprint density at radius 3 is 3.00 bits per heavy atom. The van der Waals surface area contributed by atoms with E-state index in [1.807, 2.05) is 18.2 Å². The normalized spacial score (nSPS) is 27.6. The van der Waals surface area contributed by atoms with Crippen molar-refractivity contribution in [2.24, 2.45) is 0 Å². The number of fused-ring (bicyclic) bond motifs is 2. The fraction of sp³-hybridized carbons (Fsp3) is 0.500. The van der Waals surface area contributed by atoms with Crippen LogP contribution < -0.4 is 10.2 Å². The van der Waals surface area contributed by atoms with Crippen molar-refractivity contribution in [2.45, 2.75) is 31.3 Å². The highest BCUT2D eigenvalue weighted by molar-refractivity contribution is 5.51. The standard InChI is InChI=1S/C14H17N3/c15-9-11-2-1-3-14(8-11)17-7-6-12-4-5-13(10-17)16-12/h1-3,8,12-13,16H,4-7,10H2. The van der Waals surface area contributed by atoms with E-state index in [1.165, 1.54) is 24.9 Å². The van der Waals surface area contributed by atoms with Gasteiger partial charge >= 0.3 is 0 Å². The highest BCUT2D eigenvalue weighted by Gasteiger charge is 2.29. The number of anilines is 1. The van der Waals surface area contributed by atoms with Gasteiger partial charge < -0.3 is 10.2 Å². The van der Waals surface area contributed by atoms with Crippen molar-refractivity contribution in [2.75, 3.05) is 18.0 Å². The fourth-order valence-electron chi connectivity index (χ4n) is 2.95. The van der Waals surface area contributed by atoms with Gasteiger partial charge in [0.05, 0.1) is 11.6 Å². The zero-order chi connectivity index (χ0) is 11.7. The second-order valence-electron chi connectivity index (χ2n) is 5.03. The first-order valence-electron chi connectivity index (χ1n) is 6.36. The zero-order valence-electron chi connectivity index (χ0n) is 9.89. The van der Waals surface area contributed by atoms with Crippen molar-refractivity contribution >= 4 is 5.69 Å². The summed E-state index contributed by atoms with van der Waals surface area (Å²) in [4.78, 5) is 2.41. The molecular weight excluding hydrogens is 210 g/mol. The maximum absolute atomic E-state index is 8.94. The number of nitrogens with zero attached hydrogens (tertiary/aromatic N) is 2. The van der Waals surface area contributed by atoms with Gasteiger partial charge in [0.2, 0.25) is 0 Å². The Bertz CT molecular complexity index is 449. The summed E-state index contributed by atoms with van der Waals surface area (Å²) in [6.45, 7) is 2.18. The molecule has 0 aromatic heterocycles. The summed E-state index contributed by atoms with van der Waals surface area (Å²) in [5.41, 5.74) is 1.95. The van der Waals surface area contributed by atoms with Crippen molar-refractivity contribution in [3.8, 4) is 6.07 Å². The van der Waals surface area contributed by atoms with Crippen molar-refractivity contribution < 1.29 is 0 Å². The molecule has 0 amide bonds. The Labute approximate surface area is 102 Å². The van der Waals surface area contributed by atoms with Crippen LogP contribution in [0.2, 0.25) is 0 Å². The van der Waals surface area contributed by atoms with Crippen LogP contribution in [0.4, 0.5) is 5.69 Å². The zero-order valence-corrected chi connectivity index (χ0v) is 9.89. The van der Waals surface area contributed by atoms with Crippen LogP contribution in [0, 0.1) is 11.3 Å². The van der Waals surface area contributed by atoms with E-state index in [1.54, 1.807) is 0 Å². The molecule has 0 radical (unpaired) electrons. The minimum atomic E-state index is 0.633. The first-order chi connectivity index (χ1) is 8.35. The lowest BCUT2D eigenvalue weighted by Gasteiger charge is -2.26. The van der Waals surface area contributed by atoms with Crippen molar-refractivity contribution in [3.05, 3.63) is 29.8 Å². The van der Waals surface area contributed by atoms with Gasteiger partial charge in [0, 0.05) is 30.9 Å². The summed E-state index contributed by atoms with van der Waals surface area (Å²) in [6.07, 6.45) is 3.84. The molecule has 3 rings (SSSR count). The summed E-state index contributed by atoms with van der Waals surface area (Å²) in [5, 5.41) is 12.6. The second-order valence-corrected chi connectivity index (χ2v) is 5.03. The highest BCUT2D eigenvalue weighted by Crippen LogP contribution is 2.25. The largest absolute Gasteiger partial charge is 0.370 e. The van der Waals surface area contributed by atoms with Crippen molar-refractivity contribution in [1.82, 2.24) is 5.32 Å². The molecule has 88 valence electrons. The molecule has 1 aromatic rings. The third kappa shape index (κ3) is 2.13. The van der Waals surface area contributed by atoms with Crippen LogP contribution in [0.25, 0.3) is 0 Å². The topological polar surface area (TPSA) is 39.1 Å². The Morgan fingerprint density at radius 2 is 2.12 bits per heavy atom. The SMILES string of the molecule is N#Cc1cccc(N2CCC3CCC(C2)N3)c1. The van der Waals surface area contributed by atoms with Crippen LogP contribution in [0.5, 0.6) is 0 Å². The average Bonchev–Trinajstić information content (AvgIpc) is 2.69. The van der Waals surface area contributed by atoms with Crippen LogP contribution in [0.1, 0.15) is 24.8 Å². The molecule has 2 saturated heterocycles. The third-order valence-electron chi connectivity index (χ3n) is 3.86. The van der Waals surface area contributed by atoms with E-state index in [0.29, 0.717) is 12.1 Å². The first kappa shape index (κ1) is 10.6. The molecular formula is C14H17N3. The number of nitrogens with one attached hydrogen (secondary N) is 1. The van der Waals surface area contributed by atoms with E-state index < -0.39 is 0 Å². The molecule has 0 saturated carbocycles. The molecule has 2 unspecified atom stereocenters. The van der Waals surface area contributed by atoms with Gasteiger partial charge in [-0.05, 0) is 37.5 Å². The highest BCUT2D eigenvalue weighted by atomic mass is 15.2. The van der Waals surface area contributed by atoms with Crippen LogP contribution in [0.15, 0.2) is 24.3 Å². The van der Waals surface area contributed by atoms with Gasteiger partial charge in [-0.25, -0.2) is 0 Å². The predicted molar refractivity (Wildman–Crippen MR) is 67.9 cm³/mol. The smallest absolute Gasteiger partial charge is 0.0992 e. The van der Waals surface area contributed by atoms with Gasteiger partial charge in [-0.3, -0.25) is 0 Å². The molecule has 2 aliphatic rings. The summed E-state index contributed by atoms with van der Waals surface area (Å²) < 4.78 is 0. The molecule has 2 bridgehead atoms. The van der Waals surface area contributed by atoms with E-state index in [9.17, 15) is 0 Å². The van der Waals surface area contributed by atoms with Crippen molar-refractivity contribution in [1.29, 1.82) is 5.26 Å². The van der Waals surface area contributed by atoms with E-state index in [2.05, 4.69) is 22.4 Å². The Hall–Kier alpha value is -1.53. The molecule has 0 spiro atoms. The van der Waals surface area contributed by atoms with Crippen LogP contribution in [-0.2, 0) is 0 Å². The number of rotatable bonds is 1. The fourth-order valence-corrected chi connectivity index (χ4v) is 2.95. The summed E-state index contributed by atoms with van der Waals surface area (Å²) in [5.74, 6) is 0. The van der Waals surface area contributed by atoms with E-state index >= 15 is 0 Å². The minimum Gasteiger partial charge on any atom is -0.370 e. The Morgan fingerprint density at radius 1 is 1.24 bits per heavy atom. The molecule has 1 N–H and O–H groups in total. The maximum atomic E-state index is 8.94. The Kier molecular flexibility index (Phi) is 2.74. The monoisotopic (exact) mass is 227 g/mol. The van der Waals surface area contributed by atoms with Gasteiger partial charge in [-0.2, -0.15) is 5.26 Å². The summed E-state index contributed by atoms with van der Waals surface area (Å²) in [7, 11) is 0. The van der Waals surface area contributed by atoms with Gasteiger partial charge in [-0.15, -0.1) is 0 Å². The number of hydrogen-bond acceptors (Lipinski definition) is 3. The first-order valence-corrected chi connectivity index (χ1v) is 6.36. The molecule has 2 heterocycles. The summed E-state index contributed by atoms with van der Waals surface area (Å²) >= 11 is 0.